The molecule has 2 unspecified atom stereocenters. The molecule has 0 saturated heterocycles. The fraction of sp³-hybridized carbons (Fsp3) is 0.385. The van der Waals surface area contributed by atoms with E-state index in [9.17, 15) is 9.59 Å². The zero-order valence-electron chi connectivity index (χ0n) is 11.8. The van der Waals surface area contributed by atoms with E-state index in [-0.39, 0.29) is 17.5 Å². The van der Waals surface area contributed by atoms with Crippen molar-refractivity contribution in [2.75, 3.05) is 0 Å². The minimum atomic E-state index is -1.07. The Morgan fingerprint density at radius 1 is 1.38 bits per heavy atom. The second kappa shape index (κ2) is 6.21. The summed E-state index contributed by atoms with van der Waals surface area (Å²) >= 11 is 0. The van der Waals surface area contributed by atoms with E-state index < -0.39 is 12.0 Å². The monoisotopic (exact) mass is 291 g/mol. The van der Waals surface area contributed by atoms with E-state index >= 15 is 0 Å². The zero-order valence-corrected chi connectivity index (χ0v) is 11.8. The summed E-state index contributed by atoms with van der Waals surface area (Å²) in [5.41, 5.74) is 0.0549. The van der Waals surface area contributed by atoms with Crippen LogP contribution in [0.4, 0.5) is 0 Å². The molecular formula is C13H17N5O3. The second-order valence-electron chi connectivity index (χ2n) is 4.83. The van der Waals surface area contributed by atoms with Gasteiger partial charge < -0.3 is 10.4 Å². The molecule has 1 amide bonds. The molecular weight excluding hydrogens is 274 g/mol. The predicted molar refractivity (Wildman–Crippen MR) is 73.7 cm³/mol. The van der Waals surface area contributed by atoms with Crippen molar-refractivity contribution in [2.24, 2.45) is 0 Å². The van der Waals surface area contributed by atoms with Gasteiger partial charge in [0.15, 0.2) is 0 Å². The Morgan fingerprint density at radius 3 is 2.71 bits per heavy atom. The largest absolute Gasteiger partial charge is 0.478 e. The molecule has 0 fully saturated rings. The van der Waals surface area contributed by atoms with E-state index in [1.54, 1.807) is 17.8 Å². The van der Waals surface area contributed by atoms with Crippen LogP contribution < -0.4 is 5.32 Å². The Bertz CT molecular complexity index is 620. The van der Waals surface area contributed by atoms with E-state index in [2.05, 4.69) is 15.5 Å². The maximum absolute atomic E-state index is 12.1. The van der Waals surface area contributed by atoms with Gasteiger partial charge in [-0.1, -0.05) is 0 Å². The second-order valence-corrected chi connectivity index (χ2v) is 4.83. The van der Waals surface area contributed by atoms with Crippen molar-refractivity contribution >= 4 is 11.9 Å². The van der Waals surface area contributed by atoms with Crippen LogP contribution >= 0.6 is 0 Å². The van der Waals surface area contributed by atoms with Crippen LogP contribution in [0.1, 0.15) is 30.2 Å². The summed E-state index contributed by atoms with van der Waals surface area (Å²) in [7, 11) is 0. The van der Waals surface area contributed by atoms with Gasteiger partial charge in [0.1, 0.15) is 6.04 Å². The van der Waals surface area contributed by atoms with E-state index in [0.29, 0.717) is 6.54 Å². The standard InChI is InChI=1S/C13H17N5O3/c1-9(7-17-5-3-4-14-17)16-12(19)10(2)18-8-11(6-15-18)13(20)21/h3-6,8-10H,7H2,1-2H3,(H,16,19)(H,20,21). The highest BCUT2D eigenvalue weighted by molar-refractivity contribution is 5.87. The lowest BCUT2D eigenvalue weighted by Gasteiger charge is -2.17. The van der Waals surface area contributed by atoms with Crippen molar-refractivity contribution < 1.29 is 14.7 Å². The molecule has 0 aliphatic rings. The molecule has 0 spiro atoms. The number of nitrogens with one attached hydrogen (secondary N) is 1. The van der Waals surface area contributed by atoms with Gasteiger partial charge in [-0.15, -0.1) is 0 Å². The van der Waals surface area contributed by atoms with Crippen molar-refractivity contribution in [3.8, 4) is 0 Å². The Labute approximate surface area is 121 Å². The molecule has 2 heterocycles. The van der Waals surface area contributed by atoms with E-state index in [1.807, 2.05) is 19.2 Å². The molecule has 0 saturated carbocycles. The number of aromatic nitrogens is 4. The maximum atomic E-state index is 12.1. The topological polar surface area (TPSA) is 102 Å². The number of carbonyl (C=O) groups excluding carboxylic acids is 1. The summed E-state index contributed by atoms with van der Waals surface area (Å²) in [5.74, 6) is -1.30. The maximum Gasteiger partial charge on any atom is 0.338 e. The van der Waals surface area contributed by atoms with Crippen LogP contribution in [0, 0.1) is 0 Å². The van der Waals surface area contributed by atoms with Crippen molar-refractivity contribution in [3.63, 3.8) is 0 Å². The first-order chi connectivity index (χ1) is 9.97. The molecule has 8 heteroatoms. The Balaban J connectivity index is 1.93. The minimum Gasteiger partial charge on any atom is -0.478 e. The van der Waals surface area contributed by atoms with Gasteiger partial charge in [-0.25, -0.2) is 4.79 Å². The number of carbonyl (C=O) groups is 2. The van der Waals surface area contributed by atoms with Gasteiger partial charge in [-0.3, -0.25) is 14.2 Å². The molecule has 2 atom stereocenters. The predicted octanol–water partition coefficient (Wildman–Crippen LogP) is 0.544. The molecule has 8 nitrogen and oxygen atoms in total. The molecule has 0 aliphatic carbocycles. The first kappa shape index (κ1) is 14.8. The smallest absolute Gasteiger partial charge is 0.338 e. The molecule has 0 radical (unpaired) electrons. The molecule has 2 rings (SSSR count). The van der Waals surface area contributed by atoms with Crippen LogP contribution in [-0.2, 0) is 11.3 Å². The fourth-order valence-electron chi connectivity index (χ4n) is 1.88. The Morgan fingerprint density at radius 2 is 2.14 bits per heavy atom. The number of amides is 1. The van der Waals surface area contributed by atoms with Crippen LogP contribution in [0.5, 0.6) is 0 Å². The number of carboxylic acids is 1. The number of hydrogen-bond acceptors (Lipinski definition) is 4. The number of carboxylic acid groups (broad SMARTS) is 1. The van der Waals surface area contributed by atoms with Crippen LogP contribution in [0.3, 0.4) is 0 Å². The molecule has 0 aliphatic heterocycles. The van der Waals surface area contributed by atoms with Gasteiger partial charge in [0.05, 0.1) is 18.3 Å². The van der Waals surface area contributed by atoms with E-state index in [4.69, 9.17) is 5.11 Å². The van der Waals surface area contributed by atoms with Crippen molar-refractivity contribution in [3.05, 3.63) is 36.4 Å². The SMILES string of the molecule is CC(Cn1cccn1)NC(=O)C(C)n1cc(C(=O)O)cn1. The van der Waals surface area contributed by atoms with Gasteiger partial charge in [-0.2, -0.15) is 10.2 Å². The zero-order chi connectivity index (χ0) is 15.4. The van der Waals surface area contributed by atoms with Crippen LogP contribution in [0.25, 0.3) is 0 Å². The van der Waals surface area contributed by atoms with Crippen molar-refractivity contribution in [1.82, 2.24) is 24.9 Å². The molecule has 21 heavy (non-hydrogen) atoms. The lowest BCUT2D eigenvalue weighted by Crippen LogP contribution is -2.39. The molecule has 2 aromatic heterocycles. The number of nitrogens with zero attached hydrogens (tertiary/aromatic N) is 4. The highest BCUT2D eigenvalue weighted by atomic mass is 16.4. The number of hydrogen-bond donors (Lipinski definition) is 2. The van der Waals surface area contributed by atoms with Gasteiger partial charge in [-0.05, 0) is 19.9 Å². The average molecular weight is 291 g/mol. The highest BCUT2D eigenvalue weighted by Gasteiger charge is 2.19. The first-order valence-electron chi connectivity index (χ1n) is 6.52. The lowest BCUT2D eigenvalue weighted by atomic mass is 10.2. The third kappa shape index (κ3) is 3.68. The summed E-state index contributed by atoms with van der Waals surface area (Å²) in [6.45, 7) is 4.09. The lowest BCUT2D eigenvalue weighted by molar-refractivity contribution is -0.124. The van der Waals surface area contributed by atoms with E-state index in [0.717, 1.165) is 0 Å². The van der Waals surface area contributed by atoms with Crippen molar-refractivity contribution in [1.29, 1.82) is 0 Å². The summed E-state index contributed by atoms with van der Waals surface area (Å²) in [5, 5.41) is 19.7. The normalized spacial score (nSPS) is 13.6. The molecule has 0 bridgehead atoms. The average Bonchev–Trinajstić information content (AvgIpc) is 3.07. The first-order valence-corrected chi connectivity index (χ1v) is 6.52. The van der Waals surface area contributed by atoms with Crippen LogP contribution in [0.2, 0.25) is 0 Å². The molecule has 2 N–H and O–H groups in total. The van der Waals surface area contributed by atoms with Crippen molar-refractivity contribution in [2.45, 2.75) is 32.5 Å². The molecule has 0 aromatic carbocycles. The summed E-state index contributed by atoms with van der Waals surface area (Å²) in [6.07, 6.45) is 6.05. The summed E-state index contributed by atoms with van der Waals surface area (Å²) < 4.78 is 3.06. The number of rotatable bonds is 6. The van der Waals surface area contributed by atoms with Crippen LogP contribution in [-0.4, -0.2) is 42.6 Å². The van der Waals surface area contributed by atoms with Gasteiger partial charge in [0.2, 0.25) is 5.91 Å². The summed E-state index contributed by atoms with van der Waals surface area (Å²) in [4.78, 5) is 22.9. The highest BCUT2D eigenvalue weighted by Crippen LogP contribution is 2.07. The third-order valence-corrected chi connectivity index (χ3v) is 3.03. The Kier molecular flexibility index (Phi) is 4.36. The number of aromatic carboxylic acids is 1. The van der Waals surface area contributed by atoms with Gasteiger partial charge in [0, 0.05) is 24.6 Å². The minimum absolute atomic E-state index is 0.0549. The quantitative estimate of drug-likeness (QED) is 0.809. The van der Waals surface area contributed by atoms with E-state index in [1.165, 1.54) is 17.1 Å². The third-order valence-electron chi connectivity index (χ3n) is 3.03. The molecule has 112 valence electrons. The van der Waals surface area contributed by atoms with Gasteiger partial charge in [0.25, 0.3) is 0 Å². The fourth-order valence-corrected chi connectivity index (χ4v) is 1.88. The summed E-state index contributed by atoms with van der Waals surface area (Å²) in [6, 6.07) is 1.13. The Hall–Kier alpha value is -2.64. The van der Waals surface area contributed by atoms with Gasteiger partial charge >= 0.3 is 5.97 Å². The van der Waals surface area contributed by atoms with Crippen LogP contribution in [0.15, 0.2) is 30.9 Å². The molecule has 2 aromatic rings.